The van der Waals surface area contributed by atoms with Crippen LogP contribution in [0.3, 0.4) is 0 Å². The van der Waals surface area contributed by atoms with Gasteiger partial charge in [0.15, 0.2) is 0 Å². The van der Waals surface area contributed by atoms with Crippen molar-refractivity contribution in [1.29, 1.82) is 5.26 Å². The Morgan fingerprint density at radius 2 is 2.22 bits per heavy atom. The lowest BCUT2D eigenvalue weighted by molar-refractivity contribution is 0.132. The highest BCUT2D eigenvalue weighted by molar-refractivity contribution is 6.29. The monoisotopic (exact) mass is 267 g/mol. The number of anilines is 1. The summed E-state index contributed by atoms with van der Waals surface area (Å²) in [5.41, 5.74) is 0.498. The number of pyridine rings is 1. The Labute approximate surface area is 113 Å². The van der Waals surface area contributed by atoms with Crippen LogP contribution in [0.1, 0.15) is 25.8 Å². The molecule has 18 heavy (non-hydrogen) atoms. The SMILES string of the molecule is CC(C)CCOCCNc1cc(C#N)cc(Cl)n1. The summed E-state index contributed by atoms with van der Waals surface area (Å²) in [5, 5.41) is 12.2. The van der Waals surface area contributed by atoms with Crippen LogP contribution in [-0.4, -0.2) is 24.7 Å². The molecule has 1 heterocycles. The highest BCUT2D eigenvalue weighted by Crippen LogP contribution is 2.13. The Morgan fingerprint density at radius 3 is 2.89 bits per heavy atom. The van der Waals surface area contributed by atoms with E-state index < -0.39 is 0 Å². The molecule has 0 amide bonds. The summed E-state index contributed by atoms with van der Waals surface area (Å²) in [7, 11) is 0. The number of halogens is 1. The molecule has 5 heteroatoms. The van der Waals surface area contributed by atoms with Crippen LogP contribution in [0.5, 0.6) is 0 Å². The molecular formula is C13H18ClN3O. The van der Waals surface area contributed by atoms with Crippen LogP contribution in [0.15, 0.2) is 12.1 Å². The van der Waals surface area contributed by atoms with E-state index >= 15 is 0 Å². The number of nitrogens with zero attached hydrogens (tertiary/aromatic N) is 2. The minimum atomic E-state index is 0.317. The molecule has 0 aliphatic carbocycles. The molecule has 0 aliphatic rings. The Morgan fingerprint density at radius 1 is 1.44 bits per heavy atom. The highest BCUT2D eigenvalue weighted by Gasteiger charge is 2.00. The van der Waals surface area contributed by atoms with Crippen molar-refractivity contribution >= 4 is 17.4 Å². The molecule has 0 saturated carbocycles. The van der Waals surface area contributed by atoms with Gasteiger partial charge in [-0.15, -0.1) is 0 Å². The zero-order valence-corrected chi connectivity index (χ0v) is 11.5. The molecule has 0 aromatic carbocycles. The van der Waals surface area contributed by atoms with Crippen LogP contribution in [-0.2, 0) is 4.74 Å². The number of hydrogen-bond donors (Lipinski definition) is 1. The van der Waals surface area contributed by atoms with Crippen LogP contribution in [0.2, 0.25) is 5.15 Å². The lowest BCUT2D eigenvalue weighted by atomic mass is 10.1. The van der Waals surface area contributed by atoms with Crippen LogP contribution in [0, 0.1) is 17.2 Å². The molecule has 0 atom stereocenters. The molecule has 1 aromatic rings. The van der Waals surface area contributed by atoms with Gasteiger partial charge in [0.1, 0.15) is 11.0 Å². The summed E-state index contributed by atoms with van der Waals surface area (Å²) >= 11 is 5.79. The number of nitrogens with one attached hydrogen (secondary N) is 1. The van der Waals surface area contributed by atoms with Crippen molar-refractivity contribution in [3.05, 3.63) is 22.8 Å². The first-order chi connectivity index (χ1) is 8.61. The van der Waals surface area contributed by atoms with Gasteiger partial charge in [0, 0.05) is 13.2 Å². The number of aromatic nitrogens is 1. The largest absolute Gasteiger partial charge is 0.380 e. The smallest absolute Gasteiger partial charge is 0.132 e. The first-order valence-electron chi connectivity index (χ1n) is 6.01. The van der Waals surface area contributed by atoms with Crippen molar-refractivity contribution < 1.29 is 4.74 Å². The van der Waals surface area contributed by atoms with Gasteiger partial charge in [-0.05, 0) is 24.5 Å². The van der Waals surface area contributed by atoms with Crippen molar-refractivity contribution in [3.8, 4) is 6.07 Å². The molecule has 0 saturated heterocycles. The lowest BCUT2D eigenvalue weighted by Crippen LogP contribution is -2.11. The molecule has 0 unspecified atom stereocenters. The third kappa shape index (κ3) is 5.85. The fourth-order valence-corrected chi connectivity index (χ4v) is 1.53. The number of rotatable bonds is 7. The van der Waals surface area contributed by atoms with E-state index in [0.29, 0.717) is 35.6 Å². The minimum absolute atomic E-state index is 0.317. The third-order valence-electron chi connectivity index (χ3n) is 2.32. The fourth-order valence-electron chi connectivity index (χ4n) is 1.32. The molecule has 1 N–H and O–H groups in total. The first kappa shape index (κ1) is 14.7. The van der Waals surface area contributed by atoms with Gasteiger partial charge in [0.2, 0.25) is 0 Å². The topological polar surface area (TPSA) is 57.9 Å². The average molecular weight is 268 g/mol. The van der Waals surface area contributed by atoms with E-state index in [1.807, 2.05) is 6.07 Å². The second-order valence-electron chi connectivity index (χ2n) is 4.40. The molecular weight excluding hydrogens is 250 g/mol. The van der Waals surface area contributed by atoms with Gasteiger partial charge in [-0.3, -0.25) is 0 Å². The molecule has 0 spiro atoms. The summed E-state index contributed by atoms with van der Waals surface area (Å²) in [4.78, 5) is 4.08. The summed E-state index contributed by atoms with van der Waals surface area (Å²) in [6, 6.07) is 5.24. The van der Waals surface area contributed by atoms with Crippen LogP contribution < -0.4 is 5.32 Å². The van der Waals surface area contributed by atoms with E-state index in [-0.39, 0.29) is 0 Å². The Kier molecular flexibility index (Phi) is 6.48. The second kappa shape index (κ2) is 7.91. The van der Waals surface area contributed by atoms with Crippen molar-refractivity contribution in [2.24, 2.45) is 5.92 Å². The van der Waals surface area contributed by atoms with Gasteiger partial charge in [0.05, 0.1) is 18.2 Å². The number of ether oxygens (including phenoxy) is 1. The molecule has 0 radical (unpaired) electrons. The lowest BCUT2D eigenvalue weighted by Gasteiger charge is -2.08. The van der Waals surface area contributed by atoms with Gasteiger partial charge in [-0.1, -0.05) is 25.4 Å². The number of nitriles is 1. The van der Waals surface area contributed by atoms with Crippen LogP contribution >= 0.6 is 11.6 Å². The predicted octanol–water partition coefficient (Wildman–Crippen LogP) is 3.08. The highest BCUT2D eigenvalue weighted by atomic mass is 35.5. The van der Waals surface area contributed by atoms with Crippen molar-refractivity contribution in [1.82, 2.24) is 4.98 Å². The van der Waals surface area contributed by atoms with Gasteiger partial charge >= 0.3 is 0 Å². The van der Waals surface area contributed by atoms with E-state index in [1.54, 1.807) is 6.07 Å². The van der Waals surface area contributed by atoms with Crippen LogP contribution in [0.4, 0.5) is 5.82 Å². The summed E-state index contributed by atoms with van der Waals surface area (Å²) in [6.07, 6.45) is 1.06. The van der Waals surface area contributed by atoms with Gasteiger partial charge in [-0.25, -0.2) is 4.98 Å². The fraction of sp³-hybridized carbons (Fsp3) is 0.538. The molecule has 98 valence electrons. The van der Waals surface area contributed by atoms with Crippen molar-refractivity contribution in [3.63, 3.8) is 0 Å². The van der Waals surface area contributed by atoms with E-state index in [2.05, 4.69) is 24.1 Å². The standard InChI is InChI=1S/C13H18ClN3O/c1-10(2)3-5-18-6-4-16-13-8-11(9-15)7-12(14)17-13/h7-8,10H,3-6H2,1-2H3,(H,16,17). The molecule has 0 aliphatic heterocycles. The molecule has 0 bridgehead atoms. The van der Waals surface area contributed by atoms with E-state index in [9.17, 15) is 0 Å². The summed E-state index contributed by atoms with van der Waals surface area (Å²) < 4.78 is 5.46. The molecule has 4 nitrogen and oxygen atoms in total. The predicted molar refractivity (Wildman–Crippen MR) is 72.7 cm³/mol. The van der Waals surface area contributed by atoms with Gasteiger partial charge < -0.3 is 10.1 Å². The van der Waals surface area contributed by atoms with Crippen molar-refractivity contribution in [2.45, 2.75) is 20.3 Å². The Hall–Kier alpha value is -1.31. The minimum Gasteiger partial charge on any atom is -0.380 e. The van der Waals surface area contributed by atoms with E-state index in [4.69, 9.17) is 21.6 Å². The quantitative estimate of drug-likeness (QED) is 0.609. The maximum atomic E-state index is 8.79. The van der Waals surface area contributed by atoms with Gasteiger partial charge in [-0.2, -0.15) is 5.26 Å². The zero-order valence-electron chi connectivity index (χ0n) is 10.7. The zero-order chi connectivity index (χ0) is 13.4. The average Bonchev–Trinajstić information content (AvgIpc) is 2.32. The number of hydrogen-bond acceptors (Lipinski definition) is 4. The third-order valence-corrected chi connectivity index (χ3v) is 2.51. The first-order valence-corrected chi connectivity index (χ1v) is 6.39. The van der Waals surface area contributed by atoms with E-state index in [1.165, 1.54) is 6.07 Å². The second-order valence-corrected chi connectivity index (χ2v) is 4.78. The molecule has 1 rings (SSSR count). The normalized spacial score (nSPS) is 10.4. The maximum Gasteiger partial charge on any atom is 0.132 e. The van der Waals surface area contributed by atoms with Crippen LogP contribution in [0.25, 0.3) is 0 Å². The summed E-state index contributed by atoms with van der Waals surface area (Å²) in [6.45, 7) is 6.37. The summed E-state index contributed by atoms with van der Waals surface area (Å²) in [5.74, 6) is 1.26. The van der Waals surface area contributed by atoms with Crippen molar-refractivity contribution in [2.75, 3.05) is 25.1 Å². The maximum absolute atomic E-state index is 8.79. The van der Waals surface area contributed by atoms with E-state index in [0.717, 1.165) is 13.0 Å². The van der Waals surface area contributed by atoms with Gasteiger partial charge in [0.25, 0.3) is 0 Å². The molecule has 1 aromatic heterocycles. The Balaban J connectivity index is 2.27. The molecule has 0 fully saturated rings. The Bertz CT molecular complexity index is 415.